The van der Waals surface area contributed by atoms with E-state index in [1.807, 2.05) is 12.1 Å². The van der Waals surface area contributed by atoms with E-state index in [1.54, 1.807) is 6.07 Å². The maximum Gasteiger partial charge on any atom is 0.416 e. The van der Waals surface area contributed by atoms with Gasteiger partial charge in [0.05, 0.1) is 11.7 Å². The lowest BCUT2D eigenvalue weighted by Crippen LogP contribution is -2.31. The average molecular weight is 433 g/mol. The first kappa shape index (κ1) is 20.2. The average Bonchev–Trinajstić information content (AvgIpc) is 3.15. The molecule has 0 saturated carbocycles. The van der Waals surface area contributed by atoms with Crippen molar-refractivity contribution in [2.24, 2.45) is 5.73 Å². The molecule has 10 heteroatoms. The summed E-state index contributed by atoms with van der Waals surface area (Å²) in [5, 5.41) is 13.8. The molecule has 0 amide bonds. The van der Waals surface area contributed by atoms with Crippen LogP contribution in [0.4, 0.5) is 22.7 Å². The van der Waals surface area contributed by atoms with Gasteiger partial charge in [-0.3, -0.25) is 0 Å². The van der Waals surface area contributed by atoms with Gasteiger partial charge in [-0.15, -0.1) is 10.2 Å². The maximum absolute atomic E-state index is 13.4. The Bertz CT molecular complexity index is 1170. The second-order valence-electron chi connectivity index (χ2n) is 6.63. The van der Waals surface area contributed by atoms with E-state index in [4.69, 9.17) is 5.73 Å². The highest BCUT2D eigenvalue weighted by Gasteiger charge is 2.29. The number of fused-ring (bicyclic) bond motifs is 1. The maximum atomic E-state index is 13.4. The van der Waals surface area contributed by atoms with Gasteiger partial charge in [-0.05, 0) is 29.1 Å². The number of rotatable bonds is 5. The molecule has 154 valence electrons. The number of alkyl halides is 3. The fourth-order valence-electron chi connectivity index (χ4n) is 2.94. The standard InChI is InChI=1S/C20H15F4N5S/c21-16-9-14-8-12(3-4-13(14)10-26-16)18-28-29-19(30-18)27-17(25)7-11-1-5-15(6-2-11)20(22,23)24/h1-6,8-10,17H,7,25H2,(H,27,29). The second kappa shape index (κ2) is 7.96. The Morgan fingerprint density at radius 1 is 1.00 bits per heavy atom. The molecule has 3 N–H and O–H groups in total. The first-order valence-electron chi connectivity index (χ1n) is 8.85. The van der Waals surface area contributed by atoms with Gasteiger partial charge in [0.15, 0.2) is 0 Å². The molecule has 2 aromatic carbocycles. The summed E-state index contributed by atoms with van der Waals surface area (Å²) in [6.45, 7) is 0. The molecule has 0 saturated heterocycles. The van der Waals surface area contributed by atoms with Gasteiger partial charge in [0.25, 0.3) is 0 Å². The van der Waals surface area contributed by atoms with Crippen LogP contribution in [0.25, 0.3) is 21.3 Å². The molecule has 0 spiro atoms. The summed E-state index contributed by atoms with van der Waals surface area (Å²) in [5.41, 5.74) is 6.79. The van der Waals surface area contributed by atoms with Gasteiger partial charge in [-0.1, -0.05) is 35.6 Å². The monoisotopic (exact) mass is 433 g/mol. The van der Waals surface area contributed by atoms with Crippen LogP contribution in [-0.4, -0.2) is 21.3 Å². The molecule has 2 aromatic heterocycles. The number of anilines is 1. The first-order valence-corrected chi connectivity index (χ1v) is 9.67. The molecule has 0 radical (unpaired) electrons. The molecule has 0 aliphatic heterocycles. The number of benzene rings is 2. The van der Waals surface area contributed by atoms with Crippen molar-refractivity contribution in [1.82, 2.24) is 15.2 Å². The van der Waals surface area contributed by atoms with Gasteiger partial charge >= 0.3 is 6.18 Å². The Balaban J connectivity index is 1.44. The van der Waals surface area contributed by atoms with Crippen LogP contribution in [0, 0.1) is 5.95 Å². The first-order chi connectivity index (χ1) is 14.3. The molecule has 0 aliphatic carbocycles. The normalized spacial score (nSPS) is 12.8. The van der Waals surface area contributed by atoms with E-state index in [2.05, 4.69) is 20.5 Å². The van der Waals surface area contributed by atoms with Gasteiger partial charge in [0.1, 0.15) is 5.01 Å². The third kappa shape index (κ3) is 4.55. The molecule has 1 atom stereocenters. The van der Waals surface area contributed by atoms with Crippen LogP contribution in [0.5, 0.6) is 0 Å². The summed E-state index contributed by atoms with van der Waals surface area (Å²) in [7, 11) is 0. The molecular formula is C20H15F4N5S. The third-order valence-corrected chi connectivity index (χ3v) is 5.31. The number of nitrogens with zero attached hydrogens (tertiary/aromatic N) is 3. The van der Waals surface area contributed by atoms with Crippen LogP contribution in [0.3, 0.4) is 0 Å². The van der Waals surface area contributed by atoms with Crippen molar-refractivity contribution in [3.05, 3.63) is 71.8 Å². The number of nitrogens with one attached hydrogen (secondary N) is 1. The largest absolute Gasteiger partial charge is 0.416 e. The number of nitrogens with two attached hydrogens (primary N) is 1. The lowest BCUT2D eigenvalue weighted by Gasteiger charge is -2.13. The van der Waals surface area contributed by atoms with Crippen molar-refractivity contribution < 1.29 is 17.6 Å². The number of hydrogen-bond donors (Lipinski definition) is 2. The highest BCUT2D eigenvalue weighted by molar-refractivity contribution is 7.18. The van der Waals surface area contributed by atoms with Crippen molar-refractivity contribution >= 4 is 27.2 Å². The van der Waals surface area contributed by atoms with E-state index in [0.717, 1.165) is 23.1 Å². The Labute approximate surface area is 172 Å². The molecule has 5 nitrogen and oxygen atoms in total. The summed E-state index contributed by atoms with van der Waals surface area (Å²) < 4.78 is 51.3. The number of halogens is 4. The zero-order valence-corrected chi connectivity index (χ0v) is 16.1. The third-order valence-electron chi connectivity index (χ3n) is 4.41. The van der Waals surface area contributed by atoms with Crippen LogP contribution in [0.1, 0.15) is 11.1 Å². The predicted molar refractivity (Wildman–Crippen MR) is 107 cm³/mol. The van der Waals surface area contributed by atoms with Crippen LogP contribution >= 0.6 is 11.3 Å². The molecule has 0 aliphatic rings. The van der Waals surface area contributed by atoms with E-state index in [0.29, 0.717) is 27.5 Å². The van der Waals surface area contributed by atoms with E-state index >= 15 is 0 Å². The van der Waals surface area contributed by atoms with Gasteiger partial charge in [-0.2, -0.15) is 17.6 Å². The highest BCUT2D eigenvalue weighted by Crippen LogP contribution is 2.30. The minimum Gasteiger partial charge on any atom is -0.345 e. The van der Waals surface area contributed by atoms with Crippen LogP contribution in [0.15, 0.2) is 54.7 Å². The van der Waals surface area contributed by atoms with Gasteiger partial charge in [0, 0.05) is 29.6 Å². The number of pyridine rings is 1. The zero-order chi connectivity index (χ0) is 21.3. The summed E-state index contributed by atoms with van der Waals surface area (Å²) in [4.78, 5) is 3.63. The molecule has 4 aromatic rings. The highest BCUT2D eigenvalue weighted by atomic mass is 32.1. The SMILES string of the molecule is NC(Cc1ccc(C(F)(F)F)cc1)Nc1nnc(-c2ccc3cnc(F)cc3c2)s1. The zero-order valence-electron chi connectivity index (χ0n) is 15.3. The van der Waals surface area contributed by atoms with Gasteiger partial charge < -0.3 is 11.1 Å². The molecule has 1 unspecified atom stereocenters. The lowest BCUT2D eigenvalue weighted by atomic mass is 10.1. The van der Waals surface area contributed by atoms with Crippen LogP contribution in [0.2, 0.25) is 0 Å². The van der Waals surface area contributed by atoms with E-state index < -0.39 is 23.9 Å². The predicted octanol–water partition coefficient (Wildman–Crippen LogP) is 4.85. The summed E-state index contributed by atoms with van der Waals surface area (Å²) in [6.07, 6.45) is -3.15. The van der Waals surface area contributed by atoms with Gasteiger partial charge in [0.2, 0.25) is 11.1 Å². The smallest absolute Gasteiger partial charge is 0.345 e. The van der Waals surface area contributed by atoms with Crippen molar-refractivity contribution in [3.63, 3.8) is 0 Å². The molecule has 0 fully saturated rings. The van der Waals surface area contributed by atoms with Crippen LogP contribution < -0.4 is 11.1 Å². The van der Waals surface area contributed by atoms with Crippen molar-refractivity contribution in [3.8, 4) is 10.6 Å². The summed E-state index contributed by atoms with van der Waals surface area (Å²) in [5.74, 6) is -0.562. The van der Waals surface area contributed by atoms with E-state index in [9.17, 15) is 17.6 Å². The molecule has 30 heavy (non-hydrogen) atoms. The lowest BCUT2D eigenvalue weighted by molar-refractivity contribution is -0.137. The Hall–Kier alpha value is -3.11. The molecule has 4 rings (SSSR count). The van der Waals surface area contributed by atoms with Crippen molar-refractivity contribution in [2.45, 2.75) is 18.8 Å². The minimum atomic E-state index is -4.37. The van der Waals surface area contributed by atoms with Crippen molar-refractivity contribution in [2.75, 3.05) is 5.32 Å². The number of hydrogen-bond acceptors (Lipinski definition) is 6. The summed E-state index contributed by atoms with van der Waals surface area (Å²) in [6, 6.07) is 11.7. The topological polar surface area (TPSA) is 76.7 Å². The summed E-state index contributed by atoms with van der Waals surface area (Å²) >= 11 is 1.27. The van der Waals surface area contributed by atoms with Crippen molar-refractivity contribution in [1.29, 1.82) is 0 Å². The Morgan fingerprint density at radius 3 is 2.50 bits per heavy atom. The van der Waals surface area contributed by atoms with E-state index in [1.165, 1.54) is 35.7 Å². The number of aromatic nitrogens is 3. The second-order valence-corrected chi connectivity index (χ2v) is 7.61. The fourth-order valence-corrected chi connectivity index (χ4v) is 3.74. The molecular weight excluding hydrogens is 418 g/mol. The molecule has 0 bridgehead atoms. The Kier molecular flexibility index (Phi) is 5.35. The molecule has 2 heterocycles. The van der Waals surface area contributed by atoms with Gasteiger partial charge in [-0.25, -0.2) is 4.98 Å². The Morgan fingerprint density at radius 2 is 1.77 bits per heavy atom. The minimum absolute atomic E-state index is 0.315. The fraction of sp³-hybridized carbons (Fsp3) is 0.150. The van der Waals surface area contributed by atoms with Crippen LogP contribution in [-0.2, 0) is 12.6 Å². The quantitative estimate of drug-likeness (QED) is 0.267. The van der Waals surface area contributed by atoms with E-state index in [-0.39, 0.29) is 0 Å².